The Balaban J connectivity index is 1.69. The van der Waals surface area contributed by atoms with Crippen molar-refractivity contribution in [2.45, 2.75) is 6.92 Å². The summed E-state index contributed by atoms with van der Waals surface area (Å²) < 4.78 is 6.71. The fourth-order valence-corrected chi connectivity index (χ4v) is 2.22. The van der Waals surface area contributed by atoms with Crippen LogP contribution in [0.2, 0.25) is 0 Å². The Hall–Kier alpha value is -3.48. The molecule has 0 aliphatic rings. The van der Waals surface area contributed by atoms with Crippen LogP contribution in [0.1, 0.15) is 21.6 Å². The van der Waals surface area contributed by atoms with Gasteiger partial charge >= 0.3 is 0 Å². The van der Waals surface area contributed by atoms with Crippen molar-refractivity contribution in [3.8, 4) is 11.4 Å². The first kappa shape index (κ1) is 16.4. The van der Waals surface area contributed by atoms with E-state index >= 15 is 0 Å². The molecule has 3 aromatic rings. The zero-order valence-electron chi connectivity index (χ0n) is 13.9. The SMILES string of the molecule is COc1ccc(/C=N/NC(=O)c2cn(-c3cccnc3)nc2C)cc1. The van der Waals surface area contributed by atoms with E-state index in [4.69, 9.17) is 4.74 Å². The third-order valence-electron chi connectivity index (χ3n) is 3.55. The lowest BCUT2D eigenvalue weighted by molar-refractivity contribution is 0.0954. The number of aryl methyl sites for hydroxylation is 1. The molecule has 7 heteroatoms. The standard InChI is InChI=1S/C18H17N5O2/c1-13-17(12-23(22-13)15-4-3-9-19-11-15)18(24)21-20-10-14-5-7-16(25-2)8-6-14/h3-12H,1-2H3,(H,21,24)/b20-10+. The van der Waals surface area contributed by atoms with Crippen LogP contribution >= 0.6 is 0 Å². The molecule has 126 valence electrons. The predicted molar refractivity (Wildman–Crippen MR) is 94.2 cm³/mol. The van der Waals surface area contributed by atoms with Gasteiger partial charge in [-0.1, -0.05) is 0 Å². The van der Waals surface area contributed by atoms with Gasteiger partial charge in [0.2, 0.25) is 0 Å². The molecule has 0 aliphatic carbocycles. The number of hydrazone groups is 1. The number of carbonyl (C=O) groups excluding carboxylic acids is 1. The van der Waals surface area contributed by atoms with Gasteiger partial charge in [-0.25, -0.2) is 10.1 Å². The molecule has 0 saturated carbocycles. The molecule has 3 rings (SSSR count). The molecule has 1 aromatic carbocycles. The van der Waals surface area contributed by atoms with E-state index in [0.717, 1.165) is 17.0 Å². The van der Waals surface area contributed by atoms with Crippen molar-refractivity contribution in [1.82, 2.24) is 20.2 Å². The summed E-state index contributed by atoms with van der Waals surface area (Å²) in [4.78, 5) is 16.3. The average molecular weight is 335 g/mol. The first-order valence-corrected chi connectivity index (χ1v) is 7.61. The van der Waals surface area contributed by atoms with Crippen molar-refractivity contribution in [2.24, 2.45) is 5.10 Å². The minimum atomic E-state index is -0.322. The molecular weight excluding hydrogens is 318 g/mol. The second-order valence-corrected chi connectivity index (χ2v) is 5.26. The van der Waals surface area contributed by atoms with Crippen molar-refractivity contribution in [2.75, 3.05) is 7.11 Å². The van der Waals surface area contributed by atoms with E-state index in [1.807, 2.05) is 36.4 Å². The van der Waals surface area contributed by atoms with Crippen LogP contribution in [0.3, 0.4) is 0 Å². The number of pyridine rings is 1. The number of hydrogen-bond acceptors (Lipinski definition) is 5. The Morgan fingerprint density at radius 1 is 1.28 bits per heavy atom. The summed E-state index contributed by atoms with van der Waals surface area (Å²) in [6, 6.07) is 11.0. The van der Waals surface area contributed by atoms with Crippen LogP contribution in [0.4, 0.5) is 0 Å². The minimum Gasteiger partial charge on any atom is -0.497 e. The minimum absolute atomic E-state index is 0.322. The van der Waals surface area contributed by atoms with Crippen molar-refractivity contribution in [3.63, 3.8) is 0 Å². The Morgan fingerprint density at radius 2 is 2.08 bits per heavy atom. The van der Waals surface area contributed by atoms with E-state index in [9.17, 15) is 4.79 Å². The summed E-state index contributed by atoms with van der Waals surface area (Å²) in [7, 11) is 1.61. The number of rotatable bonds is 5. The third-order valence-corrected chi connectivity index (χ3v) is 3.55. The average Bonchev–Trinajstić information content (AvgIpc) is 3.05. The number of hydrogen-bond donors (Lipinski definition) is 1. The molecule has 0 spiro atoms. The van der Waals surface area contributed by atoms with Gasteiger partial charge in [0.1, 0.15) is 5.75 Å². The molecule has 2 heterocycles. The van der Waals surface area contributed by atoms with Crippen LogP contribution < -0.4 is 10.2 Å². The van der Waals surface area contributed by atoms with Crippen molar-refractivity contribution in [1.29, 1.82) is 0 Å². The Kier molecular flexibility index (Phi) is 4.84. The topological polar surface area (TPSA) is 81.4 Å². The second kappa shape index (κ2) is 7.39. The van der Waals surface area contributed by atoms with Gasteiger partial charge in [0.15, 0.2) is 0 Å². The number of carbonyl (C=O) groups is 1. The summed E-state index contributed by atoms with van der Waals surface area (Å²) in [5, 5.41) is 8.32. The molecule has 0 unspecified atom stereocenters. The number of methoxy groups -OCH3 is 1. The summed E-state index contributed by atoms with van der Waals surface area (Å²) in [6.07, 6.45) is 6.58. The molecule has 0 radical (unpaired) electrons. The van der Waals surface area contributed by atoms with Crippen LogP contribution in [-0.2, 0) is 0 Å². The van der Waals surface area contributed by atoms with E-state index in [1.54, 1.807) is 43.5 Å². The van der Waals surface area contributed by atoms with E-state index in [2.05, 4.69) is 20.6 Å². The zero-order chi connectivity index (χ0) is 17.6. The normalized spacial score (nSPS) is 10.8. The molecule has 0 saturated heterocycles. The lowest BCUT2D eigenvalue weighted by Crippen LogP contribution is -2.18. The molecule has 0 atom stereocenters. The molecule has 0 aliphatic heterocycles. The maximum atomic E-state index is 12.3. The Labute approximate surface area is 145 Å². The smallest absolute Gasteiger partial charge is 0.274 e. The number of ether oxygens (including phenoxy) is 1. The number of nitrogens with zero attached hydrogens (tertiary/aromatic N) is 4. The highest BCUT2D eigenvalue weighted by Gasteiger charge is 2.13. The Bertz CT molecular complexity index is 886. The molecule has 25 heavy (non-hydrogen) atoms. The summed E-state index contributed by atoms with van der Waals surface area (Å²) >= 11 is 0. The quantitative estimate of drug-likeness (QED) is 0.573. The molecule has 7 nitrogen and oxygen atoms in total. The first-order chi connectivity index (χ1) is 12.2. The van der Waals surface area contributed by atoms with Crippen LogP contribution in [-0.4, -0.2) is 34.0 Å². The maximum absolute atomic E-state index is 12.3. The van der Waals surface area contributed by atoms with Crippen LogP contribution in [0, 0.1) is 6.92 Å². The van der Waals surface area contributed by atoms with Gasteiger partial charge in [0.05, 0.1) is 36.5 Å². The molecule has 1 amide bonds. The predicted octanol–water partition coefficient (Wildman–Crippen LogP) is 2.35. The lowest BCUT2D eigenvalue weighted by atomic mass is 10.2. The van der Waals surface area contributed by atoms with Crippen molar-refractivity contribution >= 4 is 12.1 Å². The number of aromatic nitrogens is 3. The van der Waals surface area contributed by atoms with Gasteiger partial charge in [-0.3, -0.25) is 9.78 Å². The molecule has 0 fully saturated rings. The fourth-order valence-electron chi connectivity index (χ4n) is 2.22. The maximum Gasteiger partial charge on any atom is 0.274 e. The van der Waals surface area contributed by atoms with Gasteiger partial charge in [-0.15, -0.1) is 0 Å². The molecular formula is C18H17N5O2. The monoisotopic (exact) mass is 335 g/mol. The number of amides is 1. The Morgan fingerprint density at radius 3 is 2.76 bits per heavy atom. The lowest BCUT2D eigenvalue weighted by Gasteiger charge is -2.00. The number of nitrogens with one attached hydrogen (secondary N) is 1. The van der Waals surface area contributed by atoms with Gasteiger partial charge in [0, 0.05) is 12.4 Å². The van der Waals surface area contributed by atoms with Crippen molar-refractivity contribution in [3.05, 3.63) is 71.8 Å². The summed E-state index contributed by atoms with van der Waals surface area (Å²) in [6.45, 7) is 1.77. The third kappa shape index (κ3) is 3.89. The molecule has 2 aromatic heterocycles. The second-order valence-electron chi connectivity index (χ2n) is 5.26. The van der Waals surface area contributed by atoms with Gasteiger partial charge < -0.3 is 4.74 Å². The summed E-state index contributed by atoms with van der Waals surface area (Å²) in [5.74, 6) is 0.442. The van der Waals surface area contributed by atoms with E-state index < -0.39 is 0 Å². The van der Waals surface area contributed by atoms with Gasteiger partial charge in [-0.2, -0.15) is 10.2 Å². The molecule has 1 N–H and O–H groups in total. The first-order valence-electron chi connectivity index (χ1n) is 7.61. The molecule has 0 bridgehead atoms. The zero-order valence-corrected chi connectivity index (χ0v) is 13.9. The van der Waals surface area contributed by atoms with E-state index in [-0.39, 0.29) is 5.91 Å². The van der Waals surface area contributed by atoms with Gasteiger partial charge in [0.25, 0.3) is 5.91 Å². The highest BCUT2D eigenvalue weighted by Crippen LogP contribution is 2.11. The highest BCUT2D eigenvalue weighted by atomic mass is 16.5. The fraction of sp³-hybridized carbons (Fsp3) is 0.111. The van der Waals surface area contributed by atoms with Crippen molar-refractivity contribution < 1.29 is 9.53 Å². The van der Waals surface area contributed by atoms with E-state index in [1.165, 1.54) is 0 Å². The summed E-state index contributed by atoms with van der Waals surface area (Å²) in [5.41, 5.74) is 5.21. The largest absolute Gasteiger partial charge is 0.497 e. The van der Waals surface area contributed by atoms with E-state index in [0.29, 0.717) is 11.3 Å². The van der Waals surface area contributed by atoms with Gasteiger partial charge in [-0.05, 0) is 48.9 Å². The van der Waals surface area contributed by atoms with Crippen LogP contribution in [0.25, 0.3) is 5.69 Å². The van der Waals surface area contributed by atoms with Crippen LogP contribution in [0.5, 0.6) is 5.75 Å². The van der Waals surface area contributed by atoms with Crippen LogP contribution in [0.15, 0.2) is 60.1 Å². The number of benzene rings is 1. The highest BCUT2D eigenvalue weighted by molar-refractivity contribution is 5.95.